The number of anilines is 1. The van der Waals surface area contributed by atoms with Crippen molar-refractivity contribution >= 4 is 23.1 Å². The van der Waals surface area contributed by atoms with Crippen LogP contribution in [0, 0.1) is 10.1 Å². The van der Waals surface area contributed by atoms with Gasteiger partial charge in [0.2, 0.25) is 11.6 Å². The van der Waals surface area contributed by atoms with Gasteiger partial charge in [-0.2, -0.15) is 4.98 Å². The molecule has 1 heterocycles. The highest BCUT2D eigenvalue weighted by Gasteiger charge is 2.17. The van der Waals surface area contributed by atoms with E-state index in [-0.39, 0.29) is 22.3 Å². The number of hydrogen-bond donors (Lipinski definition) is 1. The number of nitrogens with one attached hydrogen (secondary N) is 1. The zero-order chi connectivity index (χ0) is 15.4. The van der Waals surface area contributed by atoms with Gasteiger partial charge in [-0.15, -0.1) is 0 Å². The Morgan fingerprint density at radius 3 is 2.76 bits per heavy atom. The van der Waals surface area contributed by atoms with E-state index < -0.39 is 4.92 Å². The Balaban J connectivity index is 2.40. The topological polar surface area (TPSA) is 90.2 Å². The summed E-state index contributed by atoms with van der Waals surface area (Å²) in [4.78, 5) is 18.9. The lowest BCUT2D eigenvalue weighted by atomic mass is 10.3. The molecule has 8 heteroatoms. The van der Waals surface area contributed by atoms with Crippen molar-refractivity contribution in [1.29, 1.82) is 0 Å². The van der Waals surface area contributed by atoms with Crippen molar-refractivity contribution in [3.8, 4) is 11.6 Å². The molecule has 1 N–H and O–H groups in total. The summed E-state index contributed by atoms with van der Waals surface area (Å²) in [5.41, 5.74) is -0.217. The van der Waals surface area contributed by atoms with Gasteiger partial charge in [0, 0.05) is 30.6 Å². The van der Waals surface area contributed by atoms with E-state index in [1.165, 1.54) is 18.2 Å². The third-order valence-corrected chi connectivity index (χ3v) is 2.89. The Kier molecular flexibility index (Phi) is 4.54. The number of hydrogen-bond acceptors (Lipinski definition) is 6. The van der Waals surface area contributed by atoms with Gasteiger partial charge in [0.15, 0.2) is 0 Å². The maximum Gasteiger partial charge on any atom is 0.313 e. The van der Waals surface area contributed by atoms with Crippen LogP contribution >= 0.6 is 11.6 Å². The number of rotatable bonds is 5. The van der Waals surface area contributed by atoms with Crippen molar-refractivity contribution in [2.75, 3.05) is 12.4 Å². The minimum atomic E-state index is -0.553. The van der Waals surface area contributed by atoms with Crippen LogP contribution < -0.4 is 10.1 Å². The summed E-state index contributed by atoms with van der Waals surface area (Å²) in [5.74, 6) is 1.46. The summed E-state index contributed by atoms with van der Waals surface area (Å²) in [6.45, 7) is 1.91. The summed E-state index contributed by atoms with van der Waals surface area (Å²) < 4.78 is 5.52. The molecule has 0 radical (unpaired) electrons. The SMILES string of the molecule is CCc1nc(NC)cc(Oc2ccc(Cl)cc2[N+](=O)[O-])n1. The fourth-order valence-corrected chi connectivity index (χ4v) is 1.81. The van der Waals surface area contributed by atoms with Crippen LogP contribution in [0.2, 0.25) is 5.02 Å². The summed E-state index contributed by atoms with van der Waals surface area (Å²) in [7, 11) is 1.72. The summed E-state index contributed by atoms with van der Waals surface area (Å²) >= 11 is 5.76. The van der Waals surface area contributed by atoms with E-state index in [2.05, 4.69) is 15.3 Å². The molecule has 0 fully saturated rings. The zero-order valence-corrected chi connectivity index (χ0v) is 12.2. The van der Waals surface area contributed by atoms with Gasteiger partial charge in [-0.3, -0.25) is 10.1 Å². The largest absolute Gasteiger partial charge is 0.432 e. The smallest absolute Gasteiger partial charge is 0.313 e. The van der Waals surface area contributed by atoms with Gasteiger partial charge in [0.25, 0.3) is 0 Å². The van der Waals surface area contributed by atoms with Crippen LogP contribution in [-0.2, 0) is 6.42 Å². The van der Waals surface area contributed by atoms with Crippen molar-refractivity contribution in [3.63, 3.8) is 0 Å². The first kappa shape index (κ1) is 15.0. The number of aryl methyl sites for hydroxylation is 1. The van der Waals surface area contributed by atoms with Gasteiger partial charge in [-0.05, 0) is 12.1 Å². The standard InChI is InChI=1S/C13H13ClN4O3/c1-3-11-16-12(15-2)7-13(17-11)21-10-5-4-8(14)6-9(10)18(19)20/h4-7H,3H2,1-2H3,(H,15,16,17). The van der Waals surface area contributed by atoms with Crippen LogP contribution in [-0.4, -0.2) is 21.9 Å². The molecule has 1 aromatic heterocycles. The van der Waals surface area contributed by atoms with Gasteiger partial charge in [0.05, 0.1) is 4.92 Å². The molecule has 0 saturated heterocycles. The average Bonchev–Trinajstić information content (AvgIpc) is 2.48. The Morgan fingerprint density at radius 1 is 1.38 bits per heavy atom. The summed E-state index contributed by atoms with van der Waals surface area (Å²) in [5, 5.41) is 14.2. The van der Waals surface area contributed by atoms with E-state index in [0.717, 1.165) is 0 Å². The Labute approximate surface area is 126 Å². The number of nitro groups is 1. The third-order valence-electron chi connectivity index (χ3n) is 2.65. The van der Waals surface area contributed by atoms with Crippen LogP contribution in [0.4, 0.5) is 11.5 Å². The molecule has 0 aliphatic rings. The molecule has 2 aromatic rings. The molecular weight excluding hydrogens is 296 g/mol. The second-order valence-electron chi connectivity index (χ2n) is 4.08. The maximum absolute atomic E-state index is 11.0. The molecule has 0 unspecified atom stereocenters. The van der Waals surface area contributed by atoms with E-state index in [4.69, 9.17) is 16.3 Å². The predicted molar refractivity (Wildman–Crippen MR) is 79.1 cm³/mol. The minimum Gasteiger partial charge on any atom is -0.432 e. The lowest BCUT2D eigenvalue weighted by molar-refractivity contribution is -0.385. The molecule has 0 atom stereocenters. The number of nitrogens with zero attached hydrogens (tertiary/aromatic N) is 3. The summed E-state index contributed by atoms with van der Waals surface area (Å²) in [6.07, 6.45) is 0.620. The van der Waals surface area contributed by atoms with Crippen molar-refractivity contribution in [3.05, 3.63) is 45.2 Å². The van der Waals surface area contributed by atoms with Gasteiger partial charge in [-0.1, -0.05) is 18.5 Å². The van der Waals surface area contributed by atoms with Gasteiger partial charge >= 0.3 is 5.69 Å². The van der Waals surface area contributed by atoms with Crippen LogP contribution in [0.3, 0.4) is 0 Å². The molecule has 0 aliphatic carbocycles. The van der Waals surface area contributed by atoms with Crippen LogP contribution in [0.15, 0.2) is 24.3 Å². The molecular formula is C13H13ClN4O3. The fraction of sp³-hybridized carbons (Fsp3) is 0.231. The van der Waals surface area contributed by atoms with Gasteiger partial charge < -0.3 is 10.1 Å². The monoisotopic (exact) mass is 308 g/mol. The molecule has 1 aromatic carbocycles. The number of benzene rings is 1. The van der Waals surface area contributed by atoms with Gasteiger partial charge in [0.1, 0.15) is 11.6 Å². The lowest BCUT2D eigenvalue weighted by Gasteiger charge is -2.08. The van der Waals surface area contributed by atoms with E-state index in [1.807, 2.05) is 6.92 Å². The zero-order valence-electron chi connectivity index (χ0n) is 11.5. The van der Waals surface area contributed by atoms with Crippen molar-refractivity contribution in [1.82, 2.24) is 9.97 Å². The van der Waals surface area contributed by atoms with Crippen molar-refractivity contribution in [2.24, 2.45) is 0 Å². The van der Waals surface area contributed by atoms with E-state index in [1.54, 1.807) is 13.1 Å². The maximum atomic E-state index is 11.0. The number of ether oxygens (including phenoxy) is 1. The third kappa shape index (κ3) is 3.57. The van der Waals surface area contributed by atoms with Crippen molar-refractivity contribution in [2.45, 2.75) is 13.3 Å². The van der Waals surface area contributed by atoms with E-state index in [9.17, 15) is 10.1 Å². The summed E-state index contributed by atoms with van der Waals surface area (Å²) in [6, 6.07) is 5.76. The first-order valence-corrected chi connectivity index (χ1v) is 6.58. The molecule has 0 bridgehead atoms. The van der Waals surface area contributed by atoms with E-state index in [0.29, 0.717) is 18.1 Å². The van der Waals surface area contributed by atoms with E-state index >= 15 is 0 Å². The van der Waals surface area contributed by atoms with Crippen molar-refractivity contribution < 1.29 is 9.66 Å². The highest BCUT2D eigenvalue weighted by Crippen LogP contribution is 2.33. The first-order chi connectivity index (χ1) is 10.0. The van der Waals surface area contributed by atoms with Crippen LogP contribution in [0.5, 0.6) is 11.6 Å². The first-order valence-electron chi connectivity index (χ1n) is 6.21. The Bertz CT molecular complexity index is 656. The highest BCUT2D eigenvalue weighted by molar-refractivity contribution is 6.30. The normalized spacial score (nSPS) is 10.2. The number of nitro benzene ring substituents is 1. The molecule has 21 heavy (non-hydrogen) atoms. The minimum absolute atomic E-state index is 0.0761. The number of aromatic nitrogens is 2. The Hall–Kier alpha value is -2.41. The average molecular weight is 309 g/mol. The van der Waals surface area contributed by atoms with Crippen LogP contribution in [0.1, 0.15) is 12.7 Å². The molecule has 2 rings (SSSR count). The molecule has 110 valence electrons. The fourth-order valence-electron chi connectivity index (χ4n) is 1.64. The second-order valence-corrected chi connectivity index (χ2v) is 4.52. The van der Waals surface area contributed by atoms with Gasteiger partial charge in [-0.25, -0.2) is 4.98 Å². The predicted octanol–water partition coefficient (Wildman–Crippen LogP) is 3.43. The second kappa shape index (κ2) is 6.36. The molecule has 0 aliphatic heterocycles. The molecule has 0 spiro atoms. The Morgan fingerprint density at radius 2 is 2.14 bits per heavy atom. The molecule has 0 amide bonds. The number of halogens is 1. The van der Waals surface area contributed by atoms with Crippen LogP contribution in [0.25, 0.3) is 0 Å². The molecule has 0 saturated carbocycles. The quantitative estimate of drug-likeness (QED) is 0.672. The lowest BCUT2D eigenvalue weighted by Crippen LogP contribution is -2.02. The highest BCUT2D eigenvalue weighted by atomic mass is 35.5. The molecule has 7 nitrogen and oxygen atoms in total.